The number of rotatable bonds is 5. The van der Waals surface area contributed by atoms with Crippen LogP contribution in [0.2, 0.25) is 0 Å². The lowest BCUT2D eigenvalue weighted by atomic mass is 9.96. The van der Waals surface area contributed by atoms with E-state index in [-0.39, 0.29) is 23.6 Å². The predicted molar refractivity (Wildman–Crippen MR) is 80.0 cm³/mol. The van der Waals surface area contributed by atoms with Crippen LogP contribution in [0.1, 0.15) is 35.4 Å². The second kappa shape index (κ2) is 5.55. The van der Waals surface area contributed by atoms with Crippen LogP contribution in [0.3, 0.4) is 0 Å². The highest BCUT2D eigenvalue weighted by Crippen LogP contribution is 2.47. The average Bonchev–Trinajstić information content (AvgIpc) is 3.23. The van der Waals surface area contributed by atoms with Gasteiger partial charge in [-0.2, -0.15) is 0 Å². The van der Waals surface area contributed by atoms with E-state index in [4.69, 9.17) is 4.52 Å². The van der Waals surface area contributed by atoms with Crippen molar-refractivity contribution in [3.8, 4) is 0 Å². The van der Waals surface area contributed by atoms with Gasteiger partial charge in [-0.05, 0) is 44.4 Å². The third kappa shape index (κ3) is 2.89. The van der Waals surface area contributed by atoms with Gasteiger partial charge < -0.3 is 9.84 Å². The van der Waals surface area contributed by atoms with Crippen molar-refractivity contribution < 1.29 is 13.7 Å². The Bertz CT molecular complexity index is 668. The quantitative estimate of drug-likeness (QED) is 0.924. The molecule has 0 unspecified atom stereocenters. The molecule has 0 bridgehead atoms. The van der Waals surface area contributed by atoms with Crippen LogP contribution in [-0.2, 0) is 16.6 Å². The maximum atomic E-state index is 13.0. The molecule has 1 amide bonds. The molecule has 1 aliphatic carbocycles. The molecule has 1 aromatic heterocycles. The fourth-order valence-corrected chi connectivity index (χ4v) is 2.77. The molecule has 116 valence electrons. The highest BCUT2D eigenvalue weighted by atomic mass is 19.1. The van der Waals surface area contributed by atoms with E-state index in [1.165, 1.54) is 12.1 Å². The summed E-state index contributed by atoms with van der Waals surface area (Å²) in [6.07, 6.45) is 2.31. The lowest BCUT2D eigenvalue weighted by Gasteiger charge is -2.16. The van der Waals surface area contributed by atoms with Gasteiger partial charge >= 0.3 is 0 Å². The molecule has 0 spiro atoms. The minimum absolute atomic E-state index is 0.0257. The number of amides is 1. The first-order chi connectivity index (χ1) is 10.5. The third-order valence-electron chi connectivity index (χ3n) is 4.45. The van der Waals surface area contributed by atoms with E-state index in [1.807, 2.05) is 26.0 Å². The van der Waals surface area contributed by atoms with Crippen LogP contribution in [0.4, 0.5) is 4.39 Å². The number of hydrogen-bond acceptors (Lipinski definition) is 3. The van der Waals surface area contributed by atoms with Gasteiger partial charge in [-0.15, -0.1) is 0 Å². The molecule has 22 heavy (non-hydrogen) atoms. The lowest BCUT2D eigenvalue weighted by molar-refractivity contribution is -0.120. The monoisotopic (exact) mass is 302 g/mol. The molecule has 1 heterocycles. The standard InChI is InChI=1S/C17H19FN2O2/c1-11-15(12(2)22-20-11)9-16(21)19-10-17(7-8-17)13-3-5-14(18)6-4-13/h3-6H,7-10H2,1-2H3,(H,19,21). The zero-order valence-electron chi connectivity index (χ0n) is 12.8. The Morgan fingerprint density at radius 3 is 2.55 bits per heavy atom. The molecule has 0 saturated heterocycles. The Morgan fingerprint density at radius 1 is 1.32 bits per heavy atom. The van der Waals surface area contributed by atoms with Gasteiger partial charge in [0.15, 0.2) is 0 Å². The molecule has 1 saturated carbocycles. The van der Waals surface area contributed by atoms with Gasteiger partial charge in [0.1, 0.15) is 11.6 Å². The summed E-state index contributed by atoms with van der Waals surface area (Å²) in [5.41, 5.74) is 2.67. The fraction of sp³-hybridized carbons (Fsp3) is 0.412. The van der Waals surface area contributed by atoms with E-state index in [2.05, 4.69) is 10.5 Å². The molecule has 1 N–H and O–H groups in total. The number of halogens is 1. The molecule has 1 fully saturated rings. The van der Waals surface area contributed by atoms with Crippen molar-refractivity contribution in [2.45, 2.75) is 38.5 Å². The lowest BCUT2D eigenvalue weighted by Crippen LogP contribution is -2.33. The summed E-state index contributed by atoms with van der Waals surface area (Å²) in [5, 5.41) is 6.84. The van der Waals surface area contributed by atoms with Gasteiger partial charge in [0.05, 0.1) is 12.1 Å². The molecule has 3 rings (SSSR count). The highest BCUT2D eigenvalue weighted by Gasteiger charge is 2.44. The van der Waals surface area contributed by atoms with Crippen molar-refractivity contribution in [3.63, 3.8) is 0 Å². The van der Waals surface area contributed by atoms with E-state index in [1.54, 1.807) is 0 Å². The Hall–Kier alpha value is -2.17. The number of carbonyl (C=O) groups excluding carboxylic acids is 1. The minimum atomic E-state index is -0.234. The zero-order chi connectivity index (χ0) is 15.7. The van der Waals surface area contributed by atoms with Crippen molar-refractivity contribution >= 4 is 5.91 Å². The van der Waals surface area contributed by atoms with Crippen LogP contribution in [0.5, 0.6) is 0 Å². The van der Waals surface area contributed by atoms with E-state index in [0.717, 1.165) is 29.7 Å². The molecule has 2 aromatic rings. The average molecular weight is 302 g/mol. The smallest absolute Gasteiger partial charge is 0.224 e. The largest absolute Gasteiger partial charge is 0.361 e. The van der Waals surface area contributed by atoms with Crippen LogP contribution in [0.15, 0.2) is 28.8 Å². The first-order valence-corrected chi connectivity index (χ1v) is 7.45. The molecule has 4 nitrogen and oxygen atoms in total. The molecule has 0 atom stereocenters. The van der Waals surface area contributed by atoms with Crippen molar-refractivity contribution in [1.82, 2.24) is 10.5 Å². The summed E-state index contributed by atoms with van der Waals surface area (Å²) in [4.78, 5) is 12.1. The van der Waals surface area contributed by atoms with Crippen LogP contribution in [0, 0.1) is 19.7 Å². The summed E-state index contributed by atoms with van der Waals surface area (Å²) in [7, 11) is 0. The van der Waals surface area contributed by atoms with Crippen molar-refractivity contribution in [1.29, 1.82) is 0 Å². The summed E-state index contributed by atoms with van der Waals surface area (Å²) in [6.45, 7) is 4.23. The maximum Gasteiger partial charge on any atom is 0.224 e. The first kappa shape index (κ1) is 14.8. The molecule has 0 aliphatic heterocycles. The summed E-state index contributed by atoms with van der Waals surface area (Å²) in [6, 6.07) is 6.56. The number of hydrogen-bond donors (Lipinski definition) is 1. The Morgan fingerprint density at radius 2 is 2.00 bits per heavy atom. The van der Waals surface area contributed by atoms with E-state index < -0.39 is 0 Å². The maximum absolute atomic E-state index is 13.0. The van der Waals surface area contributed by atoms with Gasteiger partial charge in [0, 0.05) is 17.5 Å². The molecule has 0 radical (unpaired) electrons. The highest BCUT2D eigenvalue weighted by molar-refractivity contribution is 5.79. The molecule has 5 heteroatoms. The third-order valence-corrected chi connectivity index (χ3v) is 4.45. The van der Waals surface area contributed by atoms with E-state index in [0.29, 0.717) is 12.3 Å². The summed E-state index contributed by atoms with van der Waals surface area (Å²) in [5.74, 6) is 0.414. The molecule has 1 aromatic carbocycles. The van der Waals surface area contributed by atoms with Crippen LogP contribution < -0.4 is 5.32 Å². The fourth-order valence-electron chi connectivity index (χ4n) is 2.77. The zero-order valence-corrected chi connectivity index (χ0v) is 12.8. The number of aromatic nitrogens is 1. The van der Waals surface area contributed by atoms with Crippen LogP contribution in [-0.4, -0.2) is 17.6 Å². The van der Waals surface area contributed by atoms with Crippen molar-refractivity contribution in [2.75, 3.05) is 6.54 Å². The van der Waals surface area contributed by atoms with Gasteiger partial charge in [-0.3, -0.25) is 4.79 Å². The van der Waals surface area contributed by atoms with Crippen LogP contribution in [0.25, 0.3) is 0 Å². The topological polar surface area (TPSA) is 55.1 Å². The first-order valence-electron chi connectivity index (χ1n) is 7.45. The van der Waals surface area contributed by atoms with Crippen molar-refractivity contribution in [3.05, 3.63) is 52.7 Å². The van der Waals surface area contributed by atoms with E-state index in [9.17, 15) is 9.18 Å². The van der Waals surface area contributed by atoms with Gasteiger partial charge in [0.25, 0.3) is 0 Å². The normalized spacial score (nSPS) is 15.6. The molecular formula is C17H19FN2O2. The summed E-state index contributed by atoms with van der Waals surface area (Å²) < 4.78 is 18.1. The second-order valence-corrected chi connectivity index (χ2v) is 6.04. The van der Waals surface area contributed by atoms with Gasteiger partial charge in [-0.25, -0.2) is 4.39 Å². The Labute approximate surface area is 128 Å². The molecule has 1 aliphatic rings. The predicted octanol–water partition coefficient (Wildman–Crippen LogP) is 2.82. The number of aryl methyl sites for hydroxylation is 2. The SMILES string of the molecule is Cc1noc(C)c1CC(=O)NCC1(c2ccc(F)cc2)CC1. The Balaban J connectivity index is 1.60. The minimum Gasteiger partial charge on any atom is -0.361 e. The van der Waals surface area contributed by atoms with Gasteiger partial charge in [-0.1, -0.05) is 17.3 Å². The summed E-state index contributed by atoms with van der Waals surface area (Å²) >= 11 is 0. The van der Waals surface area contributed by atoms with Crippen LogP contribution >= 0.6 is 0 Å². The number of nitrogens with zero attached hydrogens (tertiary/aromatic N) is 1. The Kier molecular flexibility index (Phi) is 3.72. The van der Waals surface area contributed by atoms with Gasteiger partial charge in [0.2, 0.25) is 5.91 Å². The number of carbonyl (C=O) groups is 1. The number of nitrogens with one attached hydrogen (secondary N) is 1. The van der Waals surface area contributed by atoms with Crippen molar-refractivity contribution in [2.24, 2.45) is 0 Å². The molecular weight excluding hydrogens is 283 g/mol. The number of benzene rings is 1. The second-order valence-electron chi connectivity index (χ2n) is 6.04. The van der Waals surface area contributed by atoms with E-state index >= 15 is 0 Å².